The third-order valence-corrected chi connectivity index (χ3v) is 5.99. The van der Waals surface area contributed by atoms with Gasteiger partial charge in [-0.3, -0.25) is 9.59 Å². The van der Waals surface area contributed by atoms with Crippen LogP contribution in [0.2, 0.25) is 0 Å². The molecule has 0 atom stereocenters. The first-order valence-corrected chi connectivity index (χ1v) is 12.4. The van der Waals surface area contributed by atoms with Crippen LogP contribution in [0.15, 0.2) is 59.5 Å². The first-order chi connectivity index (χ1) is 18.7. The predicted molar refractivity (Wildman–Crippen MR) is 144 cm³/mol. The summed E-state index contributed by atoms with van der Waals surface area (Å²) in [6.07, 6.45) is 1.32. The van der Waals surface area contributed by atoms with Crippen LogP contribution in [-0.4, -0.2) is 42.4 Å². The van der Waals surface area contributed by atoms with Gasteiger partial charge in [-0.2, -0.15) is 0 Å². The van der Waals surface area contributed by atoms with Gasteiger partial charge in [0.05, 0.1) is 36.9 Å². The number of aromatic nitrogens is 1. The number of methoxy groups -OCH3 is 1. The lowest BCUT2D eigenvalue weighted by Gasteiger charge is -2.23. The molecule has 0 unspecified atom stereocenters. The van der Waals surface area contributed by atoms with E-state index in [1.54, 1.807) is 25.1 Å². The normalized spacial score (nSPS) is 10.9. The van der Waals surface area contributed by atoms with Crippen LogP contribution in [0, 0.1) is 11.6 Å². The van der Waals surface area contributed by atoms with Gasteiger partial charge in [-0.05, 0) is 32.9 Å². The van der Waals surface area contributed by atoms with Crippen LogP contribution in [0.25, 0.3) is 16.6 Å². The van der Waals surface area contributed by atoms with Crippen LogP contribution in [-0.2, 0) is 0 Å². The molecule has 204 valence electrons. The average molecular weight is 539 g/mol. The largest absolute Gasteiger partial charge is 0.508 e. The summed E-state index contributed by atoms with van der Waals surface area (Å²) in [5, 5.41) is 10.4. The highest BCUT2D eigenvalue weighted by Gasteiger charge is 2.25. The summed E-state index contributed by atoms with van der Waals surface area (Å²) in [4.78, 5) is 28.6. The van der Waals surface area contributed by atoms with Gasteiger partial charge < -0.3 is 28.8 Å². The molecular formula is C29H28F2N2O6. The highest BCUT2D eigenvalue weighted by molar-refractivity contribution is 6.08. The number of amides is 1. The number of hydrogen-bond acceptors (Lipinski definition) is 6. The fraction of sp³-hybridized carbons (Fsp3) is 0.241. The molecule has 0 spiro atoms. The lowest BCUT2D eigenvalue weighted by Crippen LogP contribution is -2.35. The van der Waals surface area contributed by atoms with Gasteiger partial charge in [-0.15, -0.1) is 0 Å². The topological polar surface area (TPSA) is 90.2 Å². The Morgan fingerprint density at radius 3 is 2.08 bits per heavy atom. The molecule has 0 saturated carbocycles. The fourth-order valence-electron chi connectivity index (χ4n) is 4.40. The molecule has 10 heteroatoms. The van der Waals surface area contributed by atoms with Crippen molar-refractivity contribution in [3.8, 4) is 28.7 Å². The van der Waals surface area contributed by atoms with Crippen LogP contribution in [0.1, 0.15) is 31.1 Å². The van der Waals surface area contributed by atoms with Gasteiger partial charge in [0.2, 0.25) is 5.43 Å². The van der Waals surface area contributed by atoms with E-state index >= 15 is 0 Å². The maximum Gasteiger partial charge on any atom is 0.263 e. The molecule has 39 heavy (non-hydrogen) atoms. The fourth-order valence-corrected chi connectivity index (χ4v) is 4.40. The zero-order chi connectivity index (χ0) is 28.3. The summed E-state index contributed by atoms with van der Waals surface area (Å²) in [5.41, 5.74) is -0.275. The van der Waals surface area contributed by atoms with E-state index in [1.165, 1.54) is 30.0 Å². The second kappa shape index (κ2) is 11.4. The van der Waals surface area contributed by atoms with Gasteiger partial charge in [0.25, 0.3) is 5.91 Å². The number of anilines is 1. The van der Waals surface area contributed by atoms with Crippen molar-refractivity contribution in [2.45, 2.75) is 20.8 Å². The SMILES string of the molecule is CCOc1cc(OCC)cc(-n2cc(C(=O)N(CC)c3cc(F)cc(F)c3)c(=O)c3c(OC)cc(O)cc32)c1. The summed E-state index contributed by atoms with van der Waals surface area (Å²) in [7, 11) is 1.34. The number of phenols is 1. The van der Waals surface area contributed by atoms with E-state index in [9.17, 15) is 23.5 Å². The maximum atomic E-state index is 14.0. The van der Waals surface area contributed by atoms with E-state index in [-0.39, 0.29) is 40.2 Å². The molecule has 0 aliphatic carbocycles. The molecular weight excluding hydrogens is 510 g/mol. The number of carbonyl (C=O) groups is 1. The Hall–Kier alpha value is -4.60. The van der Waals surface area contributed by atoms with Crippen molar-refractivity contribution in [1.29, 1.82) is 0 Å². The smallest absolute Gasteiger partial charge is 0.263 e. The Morgan fingerprint density at radius 2 is 1.54 bits per heavy atom. The van der Waals surface area contributed by atoms with E-state index in [0.29, 0.717) is 36.5 Å². The highest BCUT2D eigenvalue weighted by Crippen LogP contribution is 2.33. The number of halogens is 2. The Bertz CT molecular complexity index is 1560. The third-order valence-electron chi connectivity index (χ3n) is 5.99. The van der Waals surface area contributed by atoms with Crippen molar-refractivity contribution < 1.29 is 32.9 Å². The molecule has 1 amide bonds. The van der Waals surface area contributed by atoms with Crippen LogP contribution < -0.4 is 24.5 Å². The van der Waals surface area contributed by atoms with Gasteiger partial charge in [0.15, 0.2) is 0 Å². The van der Waals surface area contributed by atoms with E-state index in [0.717, 1.165) is 17.0 Å². The number of benzene rings is 3. The summed E-state index contributed by atoms with van der Waals surface area (Å²) in [6.45, 7) is 6.08. The number of ether oxygens (including phenoxy) is 3. The summed E-state index contributed by atoms with van der Waals surface area (Å²) in [6, 6.07) is 10.5. The molecule has 0 radical (unpaired) electrons. The van der Waals surface area contributed by atoms with Crippen molar-refractivity contribution in [2.24, 2.45) is 0 Å². The van der Waals surface area contributed by atoms with Crippen molar-refractivity contribution >= 4 is 22.5 Å². The quantitative estimate of drug-likeness (QED) is 0.305. The first-order valence-electron chi connectivity index (χ1n) is 12.4. The Kier molecular flexibility index (Phi) is 8.04. The lowest BCUT2D eigenvalue weighted by atomic mass is 10.1. The zero-order valence-electron chi connectivity index (χ0n) is 22.0. The summed E-state index contributed by atoms with van der Waals surface area (Å²) in [5.74, 6) is -1.65. The van der Waals surface area contributed by atoms with Crippen molar-refractivity contribution in [2.75, 3.05) is 31.8 Å². The molecule has 0 aliphatic heterocycles. The summed E-state index contributed by atoms with van der Waals surface area (Å²) >= 11 is 0. The number of rotatable bonds is 9. The molecule has 8 nitrogen and oxygen atoms in total. The van der Waals surface area contributed by atoms with Crippen LogP contribution in [0.3, 0.4) is 0 Å². The first kappa shape index (κ1) is 27.4. The van der Waals surface area contributed by atoms with Gasteiger partial charge in [-0.1, -0.05) is 0 Å². The minimum absolute atomic E-state index is 0.0280. The molecule has 1 aromatic heterocycles. The lowest BCUT2D eigenvalue weighted by molar-refractivity contribution is 0.0987. The Labute approximate surface area is 223 Å². The monoisotopic (exact) mass is 538 g/mol. The van der Waals surface area contributed by atoms with Crippen LogP contribution in [0.5, 0.6) is 23.0 Å². The number of carbonyl (C=O) groups excluding carboxylic acids is 1. The molecule has 0 bridgehead atoms. The van der Waals surface area contributed by atoms with Crippen molar-refractivity contribution in [3.63, 3.8) is 0 Å². The Balaban J connectivity index is 2.04. The van der Waals surface area contributed by atoms with Gasteiger partial charge in [-0.25, -0.2) is 8.78 Å². The number of aromatic hydroxyl groups is 1. The standard InChI is InChI=1S/C29H28F2N2O6/c1-5-32(19-9-17(30)8-18(31)10-19)29(36)24-16-33(20-11-22(38-6-2)15-23(12-20)39-7-3)25-13-21(34)14-26(37-4)27(25)28(24)35/h8-16,34H,5-7H2,1-4H3. The van der Waals surface area contributed by atoms with E-state index < -0.39 is 23.0 Å². The number of nitrogens with zero attached hydrogens (tertiary/aromatic N) is 2. The predicted octanol–water partition coefficient (Wildman–Crippen LogP) is 5.45. The number of fused-ring (bicyclic) bond motifs is 1. The molecule has 4 aromatic rings. The van der Waals surface area contributed by atoms with Gasteiger partial charge in [0, 0.05) is 54.8 Å². The molecule has 1 heterocycles. The minimum atomic E-state index is -0.861. The summed E-state index contributed by atoms with van der Waals surface area (Å²) < 4.78 is 46.3. The van der Waals surface area contributed by atoms with Crippen molar-refractivity contribution in [3.05, 3.63) is 82.1 Å². The molecule has 0 saturated heterocycles. The second-order valence-electron chi connectivity index (χ2n) is 8.49. The molecule has 0 aliphatic rings. The maximum absolute atomic E-state index is 14.0. The van der Waals surface area contributed by atoms with E-state index in [1.807, 2.05) is 13.8 Å². The molecule has 0 fully saturated rings. The van der Waals surface area contributed by atoms with Crippen LogP contribution >= 0.6 is 0 Å². The highest BCUT2D eigenvalue weighted by atomic mass is 19.1. The van der Waals surface area contributed by atoms with E-state index in [2.05, 4.69) is 0 Å². The number of hydrogen-bond donors (Lipinski definition) is 1. The van der Waals surface area contributed by atoms with E-state index in [4.69, 9.17) is 14.2 Å². The zero-order valence-corrected chi connectivity index (χ0v) is 22.0. The molecule has 4 rings (SSSR count). The van der Waals surface area contributed by atoms with Gasteiger partial charge in [0.1, 0.15) is 40.2 Å². The second-order valence-corrected chi connectivity index (χ2v) is 8.49. The molecule has 3 aromatic carbocycles. The molecule has 1 N–H and O–H groups in total. The third kappa shape index (κ3) is 5.50. The van der Waals surface area contributed by atoms with Crippen molar-refractivity contribution in [1.82, 2.24) is 4.57 Å². The minimum Gasteiger partial charge on any atom is -0.508 e. The van der Waals surface area contributed by atoms with Gasteiger partial charge >= 0.3 is 0 Å². The van der Waals surface area contributed by atoms with Crippen LogP contribution in [0.4, 0.5) is 14.5 Å². The number of phenolic OH excluding ortho intramolecular Hbond substituents is 1. The average Bonchev–Trinajstić information content (AvgIpc) is 2.88. The number of pyridine rings is 1. The Morgan fingerprint density at radius 1 is 0.923 bits per heavy atom.